The van der Waals surface area contributed by atoms with Crippen molar-refractivity contribution in [3.05, 3.63) is 51.2 Å². The number of rotatable bonds is 7. The van der Waals surface area contributed by atoms with Gasteiger partial charge in [0.25, 0.3) is 5.91 Å². The third-order valence-corrected chi connectivity index (χ3v) is 8.34. The zero-order chi connectivity index (χ0) is 21.2. The summed E-state index contributed by atoms with van der Waals surface area (Å²) in [6.07, 6.45) is 0. The Labute approximate surface area is 179 Å². The maximum Gasteiger partial charge on any atom is 0.275 e. The Kier molecular flexibility index (Phi) is 6.52. The number of nitrogens with one attached hydrogen (secondary N) is 1. The molecule has 0 unspecified atom stereocenters. The van der Waals surface area contributed by atoms with Gasteiger partial charge in [-0.3, -0.25) is 4.79 Å². The predicted molar refractivity (Wildman–Crippen MR) is 119 cm³/mol. The summed E-state index contributed by atoms with van der Waals surface area (Å²) < 4.78 is 27.2. The molecular formula is C20H23N3O3S3. The first-order valence-electron chi connectivity index (χ1n) is 9.18. The number of carbonyl (C=O) groups excluding carboxylic acids is 1. The molecule has 0 aliphatic heterocycles. The zero-order valence-electron chi connectivity index (χ0n) is 16.7. The highest BCUT2D eigenvalue weighted by molar-refractivity contribution is 7.89. The highest BCUT2D eigenvalue weighted by atomic mass is 32.2. The van der Waals surface area contributed by atoms with Crippen LogP contribution in [0.15, 0.2) is 39.2 Å². The van der Waals surface area contributed by atoms with E-state index in [9.17, 15) is 13.2 Å². The Bertz CT molecular complexity index is 1120. The monoisotopic (exact) mass is 449 g/mol. The molecule has 6 nitrogen and oxygen atoms in total. The molecule has 0 spiro atoms. The van der Waals surface area contributed by atoms with Crippen molar-refractivity contribution in [2.24, 2.45) is 0 Å². The number of thiazole rings is 1. The smallest absolute Gasteiger partial charge is 0.275 e. The van der Waals surface area contributed by atoms with Gasteiger partial charge >= 0.3 is 0 Å². The van der Waals surface area contributed by atoms with Crippen LogP contribution >= 0.6 is 22.7 Å². The first-order valence-corrected chi connectivity index (χ1v) is 12.4. The number of aryl methyl sites for hydroxylation is 1. The standard InChI is InChI=1S/C20H23N3O3S3/c1-5-23(6-2)29(25,26)16-9-13(3)14(4)17(10-16)21-19(24)18-12-28-20(22-18)15-7-8-27-11-15/h7-12H,5-6H2,1-4H3,(H,21,24). The maximum atomic E-state index is 12.9. The molecular weight excluding hydrogens is 426 g/mol. The third-order valence-electron chi connectivity index (χ3n) is 4.74. The molecule has 3 rings (SSSR count). The van der Waals surface area contributed by atoms with Gasteiger partial charge in [-0.2, -0.15) is 15.6 Å². The van der Waals surface area contributed by atoms with Crippen molar-refractivity contribution in [2.75, 3.05) is 18.4 Å². The lowest BCUT2D eigenvalue weighted by molar-refractivity contribution is 0.102. The molecule has 1 N–H and O–H groups in total. The number of amides is 1. The Morgan fingerprint density at radius 2 is 1.90 bits per heavy atom. The second kappa shape index (κ2) is 8.74. The van der Waals surface area contributed by atoms with Crippen molar-refractivity contribution in [3.63, 3.8) is 0 Å². The number of aromatic nitrogens is 1. The lowest BCUT2D eigenvalue weighted by Gasteiger charge is -2.20. The van der Waals surface area contributed by atoms with E-state index >= 15 is 0 Å². The van der Waals surface area contributed by atoms with Crippen LogP contribution in [0.2, 0.25) is 0 Å². The van der Waals surface area contributed by atoms with Crippen LogP contribution in [0.3, 0.4) is 0 Å². The normalized spacial score (nSPS) is 11.8. The molecule has 0 bridgehead atoms. The van der Waals surface area contributed by atoms with Gasteiger partial charge in [0.2, 0.25) is 10.0 Å². The quantitative estimate of drug-likeness (QED) is 0.563. The minimum Gasteiger partial charge on any atom is -0.320 e. The van der Waals surface area contributed by atoms with Crippen molar-refractivity contribution in [1.29, 1.82) is 0 Å². The summed E-state index contributed by atoms with van der Waals surface area (Å²) in [6, 6.07) is 5.14. The number of sulfonamides is 1. The summed E-state index contributed by atoms with van der Waals surface area (Å²) in [7, 11) is -3.62. The van der Waals surface area contributed by atoms with Crippen LogP contribution in [0.1, 0.15) is 35.5 Å². The molecule has 3 aromatic rings. The maximum absolute atomic E-state index is 12.9. The molecule has 0 atom stereocenters. The average molecular weight is 450 g/mol. The van der Waals surface area contributed by atoms with E-state index in [1.165, 1.54) is 21.7 Å². The number of nitrogens with zero attached hydrogens (tertiary/aromatic N) is 2. The largest absolute Gasteiger partial charge is 0.320 e. The molecule has 0 radical (unpaired) electrons. The van der Waals surface area contributed by atoms with Crippen LogP contribution in [0.25, 0.3) is 10.6 Å². The van der Waals surface area contributed by atoms with E-state index < -0.39 is 10.0 Å². The van der Waals surface area contributed by atoms with Crippen molar-refractivity contribution < 1.29 is 13.2 Å². The van der Waals surface area contributed by atoms with Gasteiger partial charge in [-0.05, 0) is 48.6 Å². The molecule has 0 saturated carbocycles. The minimum absolute atomic E-state index is 0.178. The lowest BCUT2D eigenvalue weighted by Crippen LogP contribution is -2.30. The van der Waals surface area contributed by atoms with Crippen molar-refractivity contribution >= 4 is 44.3 Å². The van der Waals surface area contributed by atoms with Crippen LogP contribution in [0, 0.1) is 13.8 Å². The molecule has 1 amide bonds. The molecule has 2 aromatic heterocycles. The van der Waals surface area contributed by atoms with Crippen molar-refractivity contribution in [3.8, 4) is 10.6 Å². The number of hydrogen-bond acceptors (Lipinski definition) is 6. The SMILES string of the molecule is CCN(CC)S(=O)(=O)c1cc(C)c(C)c(NC(=O)c2csc(-c3ccsc3)n2)c1. The molecule has 1 aromatic carbocycles. The van der Waals surface area contributed by atoms with Crippen LogP contribution in [0.4, 0.5) is 5.69 Å². The Morgan fingerprint density at radius 3 is 2.52 bits per heavy atom. The topological polar surface area (TPSA) is 79.4 Å². The fourth-order valence-electron chi connectivity index (χ4n) is 2.90. The Morgan fingerprint density at radius 1 is 1.17 bits per heavy atom. The van der Waals surface area contributed by atoms with Gasteiger partial charge in [-0.15, -0.1) is 11.3 Å². The number of thiophene rings is 1. The van der Waals surface area contributed by atoms with Crippen LogP contribution in [-0.2, 0) is 10.0 Å². The average Bonchev–Trinajstić information content (AvgIpc) is 3.37. The molecule has 0 fully saturated rings. The molecule has 0 aliphatic carbocycles. The molecule has 29 heavy (non-hydrogen) atoms. The van der Waals surface area contributed by atoms with E-state index in [-0.39, 0.29) is 10.8 Å². The van der Waals surface area contributed by atoms with Gasteiger partial charge in [0.15, 0.2) is 0 Å². The minimum atomic E-state index is -3.62. The van der Waals surface area contributed by atoms with E-state index in [2.05, 4.69) is 10.3 Å². The number of benzene rings is 1. The Hall–Kier alpha value is -2.07. The predicted octanol–water partition coefficient (Wildman–Crippen LogP) is 4.77. The molecule has 9 heteroatoms. The summed E-state index contributed by atoms with van der Waals surface area (Å²) >= 11 is 2.98. The second-order valence-corrected chi connectivity index (χ2v) is 10.1. The van der Waals surface area contributed by atoms with Gasteiger partial charge in [0, 0.05) is 35.1 Å². The second-order valence-electron chi connectivity index (χ2n) is 6.51. The van der Waals surface area contributed by atoms with E-state index in [0.29, 0.717) is 24.5 Å². The Balaban J connectivity index is 1.91. The van der Waals surface area contributed by atoms with Gasteiger partial charge in [-0.25, -0.2) is 13.4 Å². The first-order chi connectivity index (χ1) is 13.8. The molecule has 0 aliphatic rings. The van der Waals surface area contributed by atoms with Crippen LogP contribution < -0.4 is 5.32 Å². The van der Waals surface area contributed by atoms with Gasteiger partial charge in [0.05, 0.1) is 4.90 Å². The van der Waals surface area contributed by atoms with Crippen LogP contribution in [-0.4, -0.2) is 36.7 Å². The summed E-state index contributed by atoms with van der Waals surface area (Å²) in [5, 5.41) is 9.27. The fraction of sp³-hybridized carbons (Fsp3) is 0.300. The number of anilines is 1. The molecule has 2 heterocycles. The van der Waals surface area contributed by atoms with E-state index in [1.54, 1.807) is 36.6 Å². The van der Waals surface area contributed by atoms with E-state index in [4.69, 9.17) is 0 Å². The van der Waals surface area contributed by atoms with Crippen molar-refractivity contribution in [2.45, 2.75) is 32.6 Å². The van der Waals surface area contributed by atoms with E-state index in [1.807, 2.05) is 30.7 Å². The first kappa shape index (κ1) is 21.6. The highest BCUT2D eigenvalue weighted by Gasteiger charge is 2.24. The molecule has 0 saturated heterocycles. The summed E-state index contributed by atoms with van der Waals surface area (Å²) in [5.41, 5.74) is 3.39. The zero-order valence-corrected chi connectivity index (χ0v) is 19.2. The number of carbonyl (C=O) groups is 1. The summed E-state index contributed by atoms with van der Waals surface area (Å²) in [5.74, 6) is -0.359. The summed E-state index contributed by atoms with van der Waals surface area (Å²) in [4.78, 5) is 17.3. The van der Waals surface area contributed by atoms with Gasteiger partial charge < -0.3 is 5.32 Å². The lowest BCUT2D eigenvalue weighted by atomic mass is 10.1. The number of hydrogen-bond donors (Lipinski definition) is 1. The van der Waals surface area contributed by atoms with Gasteiger partial charge in [-0.1, -0.05) is 13.8 Å². The highest BCUT2D eigenvalue weighted by Crippen LogP contribution is 2.28. The van der Waals surface area contributed by atoms with Crippen molar-refractivity contribution in [1.82, 2.24) is 9.29 Å². The third kappa shape index (κ3) is 4.42. The van der Waals surface area contributed by atoms with Gasteiger partial charge in [0.1, 0.15) is 10.7 Å². The molecule has 154 valence electrons. The van der Waals surface area contributed by atoms with E-state index in [0.717, 1.165) is 21.7 Å². The fourth-order valence-corrected chi connectivity index (χ4v) is 5.98. The summed E-state index contributed by atoms with van der Waals surface area (Å²) in [6.45, 7) is 8.08. The van der Waals surface area contributed by atoms with Crippen LogP contribution in [0.5, 0.6) is 0 Å².